The summed E-state index contributed by atoms with van der Waals surface area (Å²) in [6.45, 7) is 14.4. The Hall–Kier alpha value is -2.97. The number of hydrogen-bond donors (Lipinski definition) is 0. The van der Waals surface area contributed by atoms with Crippen LogP contribution in [0.2, 0.25) is 25.7 Å². The summed E-state index contributed by atoms with van der Waals surface area (Å²) in [5.74, 6) is 1.11. The van der Waals surface area contributed by atoms with Crippen LogP contribution >= 0.6 is 22.7 Å². The second kappa shape index (κ2) is 14.0. The molecule has 1 fully saturated rings. The van der Waals surface area contributed by atoms with E-state index >= 15 is 0 Å². The van der Waals surface area contributed by atoms with Crippen molar-refractivity contribution in [1.82, 2.24) is 24.6 Å². The molecule has 0 unspecified atom stereocenters. The van der Waals surface area contributed by atoms with Crippen LogP contribution in [0.1, 0.15) is 46.6 Å². The van der Waals surface area contributed by atoms with Crippen molar-refractivity contribution in [3.05, 3.63) is 51.3 Å². The lowest BCUT2D eigenvalue weighted by Gasteiger charge is -2.28. The monoisotopic (exact) mass is 653 g/mol. The number of piperidine rings is 1. The van der Waals surface area contributed by atoms with E-state index in [-0.39, 0.29) is 11.9 Å². The fraction of sp³-hybridized carbons (Fsp3) is 0.516. The van der Waals surface area contributed by atoms with Crippen molar-refractivity contribution >= 4 is 63.7 Å². The largest absolute Gasteiger partial charge is 0.461 e. The average Bonchev–Trinajstić information content (AvgIpc) is 3.58. The highest BCUT2D eigenvalue weighted by Crippen LogP contribution is 2.39. The minimum Gasteiger partial charge on any atom is -0.461 e. The zero-order chi connectivity index (χ0) is 31.4. The van der Waals surface area contributed by atoms with Crippen LogP contribution in [0.4, 0.5) is 16.8 Å². The van der Waals surface area contributed by atoms with Gasteiger partial charge in [-0.3, -0.25) is 4.57 Å². The highest BCUT2D eigenvalue weighted by molar-refractivity contribution is 7.16. The van der Waals surface area contributed by atoms with E-state index in [9.17, 15) is 4.79 Å². The second-order valence-electron chi connectivity index (χ2n) is 12.5. The van der Waals surface area contributed by atoms with Gasteiger partial charge in [-0.05, 0) is 82.6 Å². The summed E-state index contributed by atoms with van der Waals surface area (Å²) >= 11 is 3.16. The van der Waals surface area contributed by atoms with E-state index in [4.69, 9.17) is 19.5 Å². The minimum absolute atomic E-state index is 0.284. The van der Waals surface area contributed by atoms with Gasteiger partial charge in [-0.1, -0.05) is 43.1 Å². The van der Waals surface area contributed by atoms with Crippen LogP contribution in [-0.2, 0) is 16.2 Å². The van der Waals surface area contributed by atoms with Crippen molar-refractivity contribution < 1.29 is 14.3 Å². The van der Waals surface area contributed by atoms with Gasteiger partial charge in [0.25, 0.3) is 0 Å². The summed E-state index contributed by atoms with van der Waals surface area (Å²) in [5, 5.41) is 9.76. The molecular formula is C31H43N7O3S2Si. The number of para-hydroxylation sites is 1. The molecule has 0 saturated carbocycles. The van der Waals surface area contributed by atoms with Gasteiger partial charge in [0.05, 0.1) is 16.8 Å². The van der Waals surface area contributed by atoms with Crippen molar-refractivity contribution in [3.8, 4) is 0 Å². The van der Waals surface area contributed by atoms with E-state index in [1.54, 1.807) is 22.7 Å². The fourth-order valence-electron chi connectivity index (χ4n) is 5.05. The Morgan fingerprint density at radius 3 is 2.61 bits per heavy atom. The van der Waals surface area contributed by atoms with E-state index in [1.807, 2.05) is 44.0 Å². The second-order valence-corrected chi connectivity index (χ2v) is 20.2. The smallest absolute Gasteiger partial charge is 0.358 e. The molecule has 1 aliphatic rings. The lowest BCUT2D eigenvalue weighted by molar-refractivity contribution is 0.0518. The molecule has 5 rings (SSSR count). The number of esters is 1. The Bertz CT molecular complexity index is 1670. The molecular weight excluding hydrogens is 611 g/mol. The first-order valence-electron chi connectivity index (χ1n) is 15.2. The summed E-state index contributed by atoms with van der Waals surface area (Å²) in [6.07, 6.45) is 1.98. The molecule has 0 bridgehead atoms. The van der Waals surface area contributed by atoms with Crippen LogP contribution in [0.3, 0.4) is 0 Å². The maximum atomic E-state index is 12.9. The lowest BCUT2D eigenvalue weighted by atomic mass is 9.94. The predicted octanol–water partition coefficient (Wildman–Crippen LogP) is 6.56. The highest BCUT2D eigenvalue weighted by Gasteiger charge is 2.29. The first kappa shape index (κ1) is 32.4. The standard InChI is InChI=1S/C31H43N7O3S2Si/c1-8-41-29(39)26-27(22-13-15-36(3)16-14-22)43-30(32-26)37(4)25-19-21(2)28(35-34-25)33-31-38(20-40-17-18-44(5,6)7)23-11-9-10-12-24(23)42-31/h9-12,19,22H,8,13-18,20H2,1-7H3. The molecule has 0 radical (unpaired) electrons. The summed E-state index contributed by atoms with van der Waals surface area (Å²) < 4.78 is 14.8. The summed E-state index contributed by atoms with van der Waals surface area (Å²) in [5.41, 5.74) is 2.40. The summed E-state index contributed by atoms with van der Waals surface area (Å²) in [4.78, 5) is 28.6. The molecule has 13 heteroatoms. The first-order valence-corrected chi connectivity index (χ1v) is 20.5. The van der Waals surface area contributed by atoms with Gasteiger partial charge in [0.2, 0.25) is 0 Å². The molecule has 1 saturated heterocycles. The van der Waals surface area contributed by atoms with Gasteiger partial charge in [-0.25, -0.2) is 9.78 Å². The lowest BCUT2D eigenvalue weighted by Crippen LogP contribution is -2.29. The van der Waals surface area contributed by atoms with Crippen LogP contribution in [-0.4, -0.2) is 79.1 Å². The normalized spacial score (nSPS) is 15.3. The molecule has 0 spiro atoms. The van der Waals surface area contributed by atoms with Crippen LogP contribution in [0.25, 0.3) is 10.2 Å². The van der Waals surface area contributed by atoms with Crippen molar-refractivity contribution in [2.75, 3.05) is 45.3 Å². The third kappa shape index (κ3) is 7.63. The number of ether oxygens (including phenoxy) is 2. The molecule has 1 aliphatic heterocycles. The van der Waals surface area contributed by atoms with Gasteiger partial charge in [0, 0.05) is 26.6 Å². The van der Waals surface area contributed by atoms with Crippen molar-refractivity contribution in [2.24, 2.45) is 4.99 Å². The number of anilines is 2. The van der Waals surface area contributed by atoms with Crippen LogP contribution < -0.4 is 9.70 Å². The van der Waals surface area contributed by atoms with Crippen molar-refractivity contribution in [1.29, 1.82) is 0 Å². The molecule has 10 nitrogen and oxygen atoms in total. The quantitative estimate of drug-likeness (QED) is 0.102. The van der Waals surface area contributed by atoms with Gasteiger partial charge in [0.1, 0.15) is 6.73 Å². The number of likely N-dealkylation sites (tertiary alicyclic amines) is 1. The molecule has 0 amide bonds. The number of aryl methyl sites for hydroxylation is 1. The number of fused-ring (bicyclic) bond motifs is 1. The van der Waals surface area contributed by atoms with E-state index in [1.165, 1.54) is 0 Å². The van der Waals surface area contributed by atoms with Crippen LogP contribution in [0.15, 0.2) is 35.3 Å². The van der Waals surface area contributed by atoms with Crippen molar-refractivity contribution in [2.45, 2.75) is 65.0 Å². The first-order chi connectivity index (χ1) is 21.0. The Labute approximate surface area is 268 Å². The Morgan fingerprint density at radius 1 is 1.16 bits per heavy atom. The number of carbonyl (C=O) groups is 1. The zero-order valence-corrected chi connectivity index (χ0v) is 29.4. The number of benzene rings is 1. The number of aromatic nitrogens is 4. The average molecular weight is 654 g/mol. The molecule has 0 atom stereocenters. The number of carbonyl (C=O) groups excluding carboxylic acids is 1. The fourth-order valence-corrected chi connectivity index (χ4v) is 8.02. The van der Waals surface area contributed by atoms with E-state index in [0.717, 1.165) is 64.0 Å². The molecule has 1 aromatic carbocycles. The zero-order valence-electron chi connectivity index (χ0n) is 26.8. The topological polar surface area (TPSA) is 98.0 Å². The molecule has 3 aromatic heterocycles. The summed E-state index contributed by atoms with van der Waals surface area (Å²) in [6, 6.07) is 11.4. The Morgan fingerprint density at radius 2 is 1.91 bits per heavy atom. The number of rotatable bonds is 11. The predicted molar refractivity (Wildman–Crippen MR) is 182 cm³/mol. The third-order valence-electron chi connectivity index (χ3n) is 7.78. The van der Waals surface area contributed by atoms with Gasteiger partial charge in [0.15, 0.2) is 27.3 Å². The number of hydrogen-bond acceptors (Lipinski definition) is 11. The van der Waals surface area contributed by atoms with Gasteiger partial charge in [-0.15, -0.1) is 21.5 Å². The maximum absolute atomic E-state index is 12.9. The molecule has 0 N–H and O–H groups in total. The Kier molecular flexibility index (Phi) is 10.3. The Balaban J connectivity index is 1.42. The maximum Gasteiger partial charge on any atom is 0.358 e. The minimum atomic E-state index is -1.18. The van der Waals surface area contributed by atoms with E-state index < -0.39 is 8.07 Å². The summed E-state index contributed by atoms with van der Waals surface area (Å²) in [7, 11) is 2.86. The molecule has 4 heterocycles. The molecule has 44 heavy (non-hydrogen) atoms. The number of nitrogens with zero attached hydrogens (tertiary/aromatic N) is 7. The van der Waals surface area contributed by atoms with Crippen LogP contribution in [0, 0.1) is 6.92 Å². The highest BCUT2D eigenvalue weighted by atomic mass is 32.1. The number of thiazole rings is 2. The molecule has 4 aromatic rings. The van der Waals surface area contributed by atoms with E-state index in [0.29, 0.717) is 35.8 Å². The third-order valence-corrected chi connectivity index (χ3v) is 11.8. The van der Waals surface area contributed by atoms with Crippen molar-refractivity contribution in [3.63, 3.8) is 0 Å². The van der Waals surface area contributed by atoms with Gasteiger partial charge < -0.3 is 19.3 Å². The van der Waals surface area contributed by atoms with Gasteiger partial charge >= 0.3 is 5.97 Å². The van der Waals surface area contributed by atoms with Crippen LogP contribution in [0.5, 0.6) is 0 Å². The van der Waals surface area contributed by atoms with Gasteiger partial charge in [-0.2, -0.15) is 4.99 Å². The SMILES string of the molecule is CCOC(=O)c1nc(N(C)c2cc(C)c(N=c3sc4ccccc4n3COCC[Si](C)(C)C)nn2)sc1C1CCN(C)CC1. The molecule has 0 aliphatic carbocycles. The van der Waals surface area contributed by atoms with E-state index in [2.05, 4.69) is 58.5 Å². The molecule has 236 valence electrons.